The molecule has 2 atom stereocenters. The predicted octanol–water partition coefficient (Wildman–Crippen LogP) is 2.37. The summed E-state index contributed by atoms with van der Waals surface area (Å²) in [6.07, 6.45) is 9.61. The maximum atomic E-state index is 6.08. The number of nitrogens with two attached hydrogens (primary N) is 1. The largest absolute Gasteiger partial charge is 0.370 e. The van der Waals surface area contributed by atoms with Gasteiger partial charge in [-0.3, -0.25) is 4.99 Å². The quantitative estimate of drug-likeness (QED) is 0.816. The Morgan fingerprint density at radius 2 is 2.18 bits per heavy atom. The van der Waals surface area contributed by atoms with Crippen molar-refractivity contribution < 1.29 is 0 Å². The zero-order chi connectivity index (χ0) is 11.9. The Morgan fingerprint density at radius 1 is 1.35 bits per heavy atom. The third-order valence-electron chi connectivity index (χ3n) is 4.98. The van der Waals surface area contributed by atoms with E-state index in [9.17, 15) is 0 Å². The van der Waals surface area contributed by atoms with Gasteiger partial charge in [0.2, 0.25) is 0 Å². The molecule has 1 aliphatic heterocycles. The second-order valence-electron chi connectivity index (χ2n) is 6.24. The van der Waals surface area contributed by atoms with E-state index in [1.165, 1.54) is 44.9 Å². The van der Waals surface area contributed by atoms with Gasteiger partial charge in [0.25, 0.3) is 0 Å². The minimum absolute atomic E-state index is 0.311. The molecule has 3 rings (SSSR count). The van der Waals surface area contributed by atoms with Gasteiger partial charge in [0.1, 0.15) is 0 Å². The molecule has 2 saturated carbocycles. The molecular formula is C14H25N3. The fourth-order valence-corrected chi connectivity index (χ4v) is 3.96. The van der Waals surface area contributed by atoms with E-state index in [-0.39, 0.29) is 0 Å². The molecule has 0 radical (unpaired) electrons. The van der Waals surface area contributed by atoms with Crippen LogP contribution in [0, 0.1) is 11.8 Å². The van der Waals surface area contributed by atoms with Crippen LogP contribution in [0.1, 0.15) is 51.9 Å². The molecule has 3 aliphatic rings. The molecule has 0 aromatic heterocycles. The van der Waals surface area contributed by atoms with Gasteiger partial charge < -0.3 is 10.6 Å². The van der Waals surface area contributed by atoms with Crippen LogP contribution in [-0.4, -0.2) is 29.5 Å². The molecule has 1 heterocycles. The average molecular weight is 235 g/mol. The average Bonchev–Trinajstić information content (AvgIpc) is 3.14. The Kier molecular flexibility index (Phi) is 2.80. The lowest BCUT2D eigenvalue weighted by atomic mass is 9.73. The summed E-state index contributed by atoms with van der Waals surface area (Å²) in [4.78, 5) is 6.98. The first-order valence-corrected chi connectivity index (χ1v) is 7.33. The zero-order valence-corrected chi connectivity index (χ0v) is 11.0. The number of hydrogen-bond donors (Lipinski definition) is 1. The Morgan fingerprint density at radius 3 is 2.88 bits per heavy atom. The highest BCUT2D eigenvalue weighted by atomic mass is 15.4. The molecule has 96 valence electrons. The van der Waals surface area contributed by atoms with Gasteiger partial charge in [-0.15, -0.1) is 0 Å². The molecule has 2 fully saturated rings. The molecule has 2 N–H and O–H groups in total. The fourth-order valence-electron chi connectivity index (χ4n) is 3.96. The van der Waals surface area contributed by atoms with Crippen LogP contribution in [0.15, 0.2) is 4.99 Å². The summed E-state index contributed by atoms with van der Waals surface area (Å²) in [6.45, 7) is 4.29. The minimum atomic E-state index is 0.311. The predicted molar refractivity (Wildman–Crippen MR) is 70.9 cm³/mol. The van der Waals surface area contributed by atoms with E-state index in [1.54, 1.807) is 0 Å². The highest BCUT2D eigenvalue weighted by Crippen LogP contribution is 2.49. The molecule has 2 unspecified atom stereocenters. The summed E-state index contributed by atoms with van der Waals surface area (Å²) in [5, 5.41) is 0. The molecule has 0 aromatic carbocycles. The fraction of sp³-hybridized carbons (Fsp3) is 0.929. The van der Waals surface area contributed by atoms with Crippen LogP contribution < -0.4 is 5.73 Å². The number of hydrogen-bond acceptors (Lipinski definition) is 3. The third-order valence-corrected chi connectivity index (χ3v) is 4.98. The molecule has 0 amide bonds. The van der Waals surface area contributed by atoms with E-state index in [0.29, 0.717) is 5.54 Å². The maximum absolute atomic E-state index is 6.08. The van der Waals surface area contributed by atoms with Crippen molar-refractivity contribution >= 4 is 5.96 Å². The topological polar surface area (TPSA) is 41.6 Å². The van der Waals surface area contributed by atoms with E-state index in [4.69, 9.17) is 5.73 Å². The summed E-state index contributed by atoms with van der Waals surface area (Å²) < 4.78 is 0. The molecule has 0 saturated heterocycles. The summed E-state index contributed by atoms with van der Waals surface area (Å²) in [7, 11) is 0. The standard InChI is InChI=1S/C14H25N3/c1-2-8-17-13(15)16-10-14(17)7-3-4-12(9-14)11-5-6-11/h11-12H,2-10H2,1H3,(H2,15,16). The third kappa shape index (κ3) is 1.94. The lowest BCUT2D eigenvalue weighted by Gasteiger charge is -2.45. The molecule has 0 bridgehead atoms. The molecule has 1 spiro atoms. The van der Waals surface area contributed by atoms with Crippen LogP contribution >= 0.6 is 0 Å². The molecule has 2 aliphatic carbocycles. The van der Waals surface area contributed by atoms with Gasteiger partial charge in [0.15, 0.2) is 5.96 Å². The Bertz CT molecular complexity index is 321. The zero-order valence-electron chi connectivity index (χ0n) is 11.0. The normalized spacial score (nSPS) is 37.6. The van der Waals surface area contributed by atoms with E-state index < -0.39 is 0 Å². The highest BCUT2D eigenvalue weighted by molar-refractivity contribution is 5.81. The second-order valence-corrected chi connectivity index (χ2v) is 6.24. The first kappa shape index (κ1) is 11.4. The number of rotatable bonds is 3. The van der Waals surface area contributed by atoms with Gasteiger partial charge in [0, 0.05) is 6.54 Å². The lowest BCUT2D eigenvalue weighted by Crippen LogP contribution is -2.54. The molecular weight excluding hydrogens is 210 g/mol. The van der Waals surface area contributed by atoms with Crippen LogP contribution in [0.25, 0.3) is 0 Å². The second kappa shape index (κ2) is 4.18. The molecule has 17 heavy (non-hydrogen) atoms. The van der Waals surface area contributed by atoms with Gasteiger partial charge in [-0.05, 0) is 43.9 Å². The Hall–Kier alpha value is -0.730. The molecule has 3 heteroatoms. The van der Waals surface area contributed by atoms with Crippen LogP contribution in [0.2, 0.25) is 0 Å². The van der Waals surface area contributed by atoms with E-state index >= 15 is 0 Å². The van der Waals surface area contributed by atoms with Crippen molar-refractivity contribution in [2.45, 2.75) is 57.4 Å². The first-order chi connectivity index (χ1) is 8.25. The van der Waals surface area contributed by atoms with Gasteiger partial charge in [-0.1, -0.05) is 19.8 Å². The van der Waals surface area contributed by atoms with E-state index in [1.807, 2.05) is 0 Å². The van der Waals surface area contributed by atoms with Gasteiger partial charge in [0.05, 0.1) is 12.1 Å². The smallest absolute Gasteiger partial charge is 0.191 e. The maximum Gasteiger partial charge on any atom is 0.191 e. The minimum Gasteiger partial charge on any atom is -0.370 e. The van der Waals surface area contributed by atoms with Gasteiger partial charge in [-0.25, -0.2) is 0 Å². The van der Waals surface area contributed by atoms with Crippen LogP contribution in [0.4, 0.5) is 0 Å². The number of guanidine groups is 1. The SMILES string of the molecule is CCCN1C(N)=NCC12CCCC(C1CC1)C2. The summed E-state index contributed by atoms with van der Waals surface area (Å²) in [5.41, 5.74) is 6.39. The summed E-state index contributed by atoms with van der Waals surface area (Å²) in [5.74, 6) is 2.81. The number of aliphatic imine (C=N–C) groups is 1. The molecule has 0 aromatic rings. The van der Waals surface area contributed by atoms with Crippen molar-refractivity contribution in [2.24, 2.45) is 22.6 Å². The highest BCUT2D eigenvalue weighted by Gasteiger charge is 2.47. The monoisotopic (exact) mass is 235 g/mol. The van der Waals surface area contributed by atoms with Crippen molar-refractivity contribution in [3.8, 4) is 0 Å². The summed E-state index contributed by atoms with van der Waals surface area (Å²) in [6, 6.07) is 0. The van der Waals surface area contributed by atoms with Crippen LogP contribution in [-0.2, 0) is 0 Å². The van der Waals surface area contributed by atoms with Gasteiger partial charge in [-0.2, -0.15) is 0 Å². The van der Waals surface area contributed by atoms with E-state index in [2.05, 4.69) is 16.8 Å². The first-order valence-electron chi connectivity index (χ1n) is 7.33. The van der Waals surface area contributed by atoms with Crippen molar-refractivity contribution in [1.29, 1.82) is 0 Å². The van der Waals surface area contributed by atoms with Crippen LogP contribution in [0.3, 0.4) is 0 Å². The van der Waals surface area contributed by atoms with Crippen molar-refractivity contribution in [3.05, 3.63) is 0 Å². The van der Waals surface area contributed by atoms with E-state index in [0.717, 1.165) is 30.9 Å². The van der Waals surface area contributed by atoms with Gasteiger partial charge >= 0.3 is 0 Å². The van der Waals surface area contributed by atoms with Crippen molar-refractivity contribution in [3.63, 3.8) is 0 Å². The van der Waals surface area contributed by atoms with Crippen LogP contribution in [0.5, 0.6) is 0 Å². The number of nitrogens with zero attached hydrogens (tertiary/aromatic N) is 2. The molecule has 3 nitrogen and oxygen atoms in total. The summed E-state index contributed by atoms with van der Waals surface area (Å²) >= 11 is 0. The Labute approximate surface area is 104 Å². The van der Waals surface area contributed by atoms with Crippen molar-refractivity contribution in [2.75, 3.05) is 13.1 Å². The Balaban J connectivity index is 1.75. The van der Waals surface area contributed by atoms with Crippen molar-refractivity contribution in [1.82, 2.24) is 4.90 Å². The lowest BCUT2D eigenvalue weighted by molar-refractivity contribution is 0.0993.